The van der Waals surface area contributed by atoms with Gasteiger partial charge in [-0.2, -0.15) is 0 Å². The van der Waals surface area contributed by atoms with Gasteiger partial charge in [0, 0.05) is 0 Å². The van der Waals surface area contributed by atoms with Crippen molar-refractivity contribution in [1.82, 2.24) is 15.0 Å². The molecule has 2 heterocycles. The Morgan fingerprint density at radius 1 is 1.38 bits per heavy atom. The maximum Gasteiger partial charge on any atom is 0.262 e. The van der Waals surface area contributed by atoms with Crippen LogP contribution >= 0.6 is 11.8 Å². The highest BCUT2D eigenvalue weighted by Crippen LogP contribution is 2.28. The number of nitrogen functional groups attached to an aromatic ring is 1. The van der Waals surface area contributed by atoms with E-state index in [1.54, 1.807) is 6.92 Å². The van der Waals surface area contributed by atoms with Crippen molar-refractivity contribution in [2.75, 3.05) is 5.73 Å². The fourth-order valence-electron chi connectivity index (χ4n) is 1.01. The van der Waals surface area contributed by atoms with Crippen LogP contribution in [0.2, 0.25) is 0 Å². The zero-order chi connectivity index (χ0) is 11.7. The number of aromatic nitrogens is 3. The quantitative estimate of drug-likeness (QED) is 0.808. The first-order chi connectivity index (χ1) is 7.56. The number of hydrogen-bond acceptors (Lipinski definition) is 6. The lowest BCUT2D eigenvalue weighted by molar-refractivity contribution is 0.430. The van der Waals surface area contributed by atoms with E-state index in [0.29, 0.717) is 11.0 Å². The minimum atomic E-state index is -0.548. The van der Waals surface area contributed by atoms with E-state index in [0.717, 1.165) is 23.7 Å². The molecule has 0 saturated carbocycles. The molecule has 16 heavy (non-hydrogen) atoms. The molecule has 84 valence electrons. The average Bonchev–Trinajstić information content (AvgIpc) is 2.52. The lowest BCUT2D eigenvalue weighted by Gasteiger charge is -1.98. The number of oxazole rings is 1. The van der Waals surface area contributed by atoms with Crippen LogP contribution < -0.4 is 5.73 Å². The Kier molecular flexibility index (Phi) is 2.78. The van der Waals surface area contributed by atoms with E-state index in [1.165, 1.54) is 0 Å². The predicted molar refractivity (Wildman–Crippen MR) is 56.5 cm³/mol. The second-order valence-corrected chi connectivity index (χ2v) is 4.04. The van der Waals surface area contributed by atoms with Gasteiger partial charge in [-0.3, -0.25) is 0 Å². The second-order valence-electron chi connectivity index (χ2n) is 3.10. The normalized spacial score (nSPS) is 10.7. The van der Waals surface area contributed by atoms with E-state index in [9.17, 15) is 4.39 Å². The molecular weight excluding hydrogens is 231 g/mol. The molecule has 2 N–H and O–H groups in total. The van der Waals surface area contributed by atoms with Gasteiger partial charge in [0.1, 0.15) is 10.8 Å². The molecule has 0 fully saturated rings. The van der Waals surface area contributed by atoms with Gasteiger partial charge in [0.05, 0.1) is 11.9 Å². The Hall–Kier alpha value is -1.63. The summed E-state index contributed by atoms with van der Waals surface area (Å²) in [5.74, 6) is 0.168. The molecule has 0 saturated heterocycles. The number of halogens is 1. The van der Waals surface area contributed by atoms with E-state index in [4.69, 9.17) is 10.2 Å². The van der Waals surface area contributed by atoms with Gasteiger partial charge in [-0.1, -0.05) is 0 Å². The van der Waals surface area contributed by atoms with Crippen LogP contribution in [0.4, 0.5) is 10.3 Å². The highest BCUT2D eigenvalue weighted by molar-refractivity contribution is 7.99. The lowest BCUT2D eigenvalue weighted by Crippen LogP contribution is -1.97. The molecule has 0 radical (unpaired) electrons. The van der Waals surface area contributed by atoms with Gasteiger partial charge in [0.15, 0.2) is 5.82 Å². The first kappa shape index (κ1) is 10.9. The Labute approximate surface area is 95.3 Å². The average molecular weight is 240 g/mol. The van der Waals surface area contributed by atoms with Crippen molar-refractivity contribution >= 4 is 17.7 Å². The first-order valence-electron chi connectivity index (χ1n) is 4.46. The monoisotopic (exact) mass is 240 g/mol. The van der Waals surface area contributed by atoms with Crippen molar-refractivity contribution in [2.45, 2.75) is 24.1 Å². The minimum absolute atomic E-state index is 0.0175. The van der Waals surface area contributed by atoms with Crippen LogP contribution in [0.1, 0.15) is 11.5 Å². The van der Waals surface area contributed by atoms with E-state index >= 15 is 0 Å². The highest BCUT2D eigenvalue weighted by atomic mass is 32.2. The fourth-order valence-corrected chi connectivity index (χ4v) is 1.81. The molecule has 2 aromatic rings. The summed E-state index contributed by atoms with van der Waals surface area (Å²) in [5.41, 5.74) is 6.13. The van der Waals surface area contributed by atoms with Crippen LogP contribution in [-0.4, -0.2) is 15.0 Å². The maximum atomic E-state index is 13.3. The molecule has 0 bridgehead atoms. The Morgan fingerprint density at radius 2 is 2.12 bits per heavy atom. The summed E-state index contributed by atoms with van der Waals surface area (Å²) in [7, 11) is 0. The molecule has 0 aromatic carbocycles. The number of nitrogens with two attached hydrogens (primary N) is 1. The Balaban J connectivity index is 2.29. The van der Waals surface area contributed by atoms with Crippen molar-refractivity contribution in [3.63, 3.8) is 0 Å². The van der Waals surface area contributed by atoms with Crippen molar-refractivity contribution in [1.29, 1.82) is 0 Å². The van der Waals surface area contributed by atoms with Gasteiger partial charge in [-0.05, 0) is 25.6 Å². The molecule has 7 heteroatoms. The van der Waals surface area contributed by atoms with Crippen molar-refractivity contribution in [3.8, 4) is 0 Å². The molecule has 0 aliphatic carbocycles. The van der Waals surface area contributed by atoms with Crippen LogP contribution in [0.25, 0.3) is 0 Å². The van der Waals surface area contributed by atoms with Gasteiger partial charge in [0.25, 0.3) is 5.22 Å². The van der Waals surface area contributed by atoms with Crippen LogP contribution in [0, 0.1) is 19.7 Å². The fraction of sp³-hybridized carbons (Fsp3) is 0.222. The molecule has 0 spiro atoms. The molecule has 5 nitrogen and oxygen atoms in total. The summed E-state index contributed by atoms with van der Waals surface area (Å²) < 4.78 is 18.6. The van der Waals surface area contributed by atoms with E-state index in [-0.39, 0.29) is 11.0 Å². The number of rotatable bonds is 2. The van der Waals surface area contributed by atoms with Gasteiger partial charge in [0.2, 0.25) is 5.95 Å². The van der Waals surface area contributed by atoms with E-state index in [1.807, 2.05) is 6.92 Å². The Morgan fingerprint density at radius 3 is 2.75 bits per heavy atom. The molecule has 2 aromatic heterocycles. The largest absolute Gasteiger partial charge is 0.436 e. The molecular formula is C9H9FN4OS. The molecule has 0 aliphatic heterocycles. The number of anilines is 1. The lowest BCUT2D eigenvalue weighted by atomic mass is 10.4. The van der Waals surface area contributed by atoms with Gasteiger partial charge >= 0.3 is 0 Å². The van der Waals surface area contributed by atoms with Crippen molar-refractivity contribution in [2.24, 2.45) is 0 Å². The summed E-state index contributed by atoms with van der Waals surface area (Å²) in [6.07, 6.45) is 1.02. The molecule has 0 unspecified atom stereocenters. The van der Waals surface area contributed by atoms with Gasteiger partial charge < -0.3 is 10.2 Å². The van der Waals surface area contributed by atoms with E-state index in [2.05, 4.69) is 15.0 Å². The first-order valence-corrected chi connectivity index (χ1v) is 5.28. The van der Waals surface area contributed by atoms with Crippen LogP contribution in [0.15, 0.2) is 20.9 Å². The maximum absolute atomic E-state index is 13.3. The minimum Gasteiger partial charge on any atom is -0.436 e. The topological polar surface area (TPSA) is 77.8 Å². The third-order valence-electron chi connectivity index (χ3n) is 1.92. The van der Waals surface area contributed by atoms with Crippen LogP contribution in [0.3, 0.4) is 0 Å². The number of aryl methyl sites for hydroxylation is 2. The van der Waals surface area contributed by atoms with Gasteiger partial charge in [-0.25, -0.2) is 19.3 Å². The predicted octanol–water partition coefficient (Wildman–Crippen LogP) is 1.95. The summed E-state index contributed by atoms with van der Waals surface area (Å²) in [4.78, 5) is 11.4. The van der Waals surface area contributed by atoms with E-state index < -0.39 is 5.82 Å². The highest BCUT2D eigenvalue weighted by Gasteiger charge is 2.12. The summed E-state index contributed by atoms with van der Waals surface area (Å²) in [5, 5.41) is 0.445. The molecule has 0 aliphatic rings. The molecule has 0 amide bonds. The third-order valence-corrected chi connectivity index (χ3v) is 2.75. The SMILES string of the molecule is Cc1nc(Sc2nc(N)ncc2F)oc1C. The zero-order valence-electron chi connectivity index (χ0n) is 8.69. The molecule has 2 rings (SSSR count). The number of hydrogen-bond donors (Lipinski definition) is 1. The smallest absolute Gasteiger partial charge is 0.262 e. The van der Waals surface area contributed by atoms with Crippen molar-refractivity contribution in [3.05, 3.63) is 23.5 Å². The van der Waals surface area contributed by atoms with Gasteiger partial charge in [-0.15, -0.1) is 0 Å². The second kappa shape index (κ2) is 4.09. The molecule has 0 atom stereocenters. The number of nitrogens with zero attached hydrogens (tertiary/aromatic N) is 3. The summed E-state index contributed by atoms with van der Waals surface area (Å²) in [6.45, 7) is 3.60. The van der Waals surface area contributed by atoms with Crippen LogP contribution in [0.5, 0.6) is 0 Å². The van der Waals surface area contributed by atoms with Crippen LogP contribution in [-0.2, 0) is 0 Å². The zero-order valence-corrected chi connectivity index (χ0v) is 9.51. The Bertz CT molecular complexity index is 509. The van der Waals surface area contributed by atoms with Crippen molar-refractivity contribution < 1.29 is 8.81 Å². The standard InChI is InChI=1S/C9H9FN4OS/c1-4-5(2)15-9(13-4)16-7-6(10)3-12-8(11)14-7/h3H,1-2H3,(H2,11,12,14). The summed E-state index contributed by atoms with van der Waals surface area (Å²) in [6, 6.07) is 0. The summed E-state index contributed by atoms with van der Waals surface area (Å²) >= 11 is 0.979. The third kappa shape index (κ3) is 2.13.